The normalized spacial score (nSPS) is 10.3. The number of methoxy groups -OCH3 is 3. The van der Waals surface area contributed by atoms with E-state index in [4.69, 9.17) is 38.0 Å². The lowest BCUT2D eigenvalue weighted by molar-refractivity contribution is 0.0602. The van der Waals surface area contributed by atoms with Gasteiger partial charge >= 0.3 is 5.97 Å². The number of carbonyl (C=O) groups excluding carboxylic acids is 1. The molecule has 0 aliphatic carbocycles. The Morgan fingerprint density at radius 2 is 1.70 bits per heavy atom. The summed E-state index contributed by atoms with van der Waals surface area (Å²) in [5.41, 5.74) is 1.95. The minimum absolute atomic E-state index is 0.268. The highest BCUT2D eigenvalue weighted by Gasteiger charge is 2.19. The third-order valence-corrected chi connectivity index (χ3v) is 5.74. The highest BCUT2D eigenvalue weighted by Crippen LogP contribution is 2.38. The molecule has 0 saturated carbocycles. The fourth-order valence-electron chi connectivity index (χ4n) is 2.70. The summed E-state index contributed by atoms with van der Waals surface area (Å²) in [5.74, 6) is 0.513. The predicted octanol–water partition coefficient (Wildman–Crippen LogP) is 5.68. The van der Waals surface area contributed by atoms with Crippen LogP contribution in [0.3, 0.4) is 0 Å². The van der Waals surface area contributed by atoms with Crippen molar-refractivity contribution in [1.82, 2.24) is 0 Å². The standard InChI is InChI=1S/C21H19ClN2O4S2/c1-26-16-11-15(17(27-2)10-14(16)22)23-21(29)24-19-13(20(25)28-3)9-18(30-19)12-7-5-4-6-8-12/h4-11H,1-3H3,(H2,23,24,29). The van der Waals surface area contributed by atoms with Crippen LogP contribution in [-0.4, -0.2) is 32.4 Å². The highest BCUT2D eigenvalue weighted by molar-refractivity contribution is 7.80. The van der Waals surface area contributed by atoms with Gasteiger partial charge in [-0.3, -0.25) is 0 Å². The monoisotopic (exact) mass is 462 g/mol. The van der Waals surface area contributed by atoms with Crippen molar-refractivity contribution in [2.24, 2.45) is 0 Å². The molecule has 0 unspecified atom stereocenters. The van der Waals surface area contributed by atoms with Crippen molar-refractivity contribution >= 4 is 56.9 Å². The van der Waals surface area contributed by atoms with E-state index in [1.807, 2.05) is 30.3 Å². The molecule has 0 radical (unpaired) electrons. The van der Waals surface area contributed by atoms with Crippen LogP contribution in [0.2, 0.25) is 5.02 Å². The number of ether oxygens (including phenoxy) is 3. The first-order chi connectivity index (χ1) is 14.5. The fraction of sp³-hybridized carbons (Fsp3) is 0.143. The Balaban J connectivity index is 1.88. The molecule has 0 bridgehead atoms. The second-order valence-electron chi connectivity index (χ2n) is 5.98. The number of nitrogens with one attached hydrogen (secondary N) is 2. The molecule has 3 aromatic rings. The minimum atomic E-state index is -0.454. The van der Waals surface area contributed by atoms with Crippen LogP contribution < -0.4 is 20.1 Å². The Bertz CT molecular complexity index is 1070. The zero-order valence-corrected chi connectivity index (χ0v) is 18.8. The van der Waals surface area contributed by atoms with E-state index in [-0.39, 0.29) is 5.11 Å². The first kappa shape index (κ1) is 21.9. The molecule has 1 heterocycles. The zero-order chi connectivity index (χ0) is 21.7. The fourth-order valence-corrected chi connectivity index (χ4v) is 4.27. The van der Waals surface area contributed by atoms with Crippen LogP contribution >= 0.6 is 35.2 Å². The Labute approximate surface area is 188 Å². The van der Waals surface area contributed by atoms with Crippen molar-refractivity contribution in [3.05, 3.63) is 59.1 Å². The van der Waals surface area contributed by atoms with E-state index < -0.39 is 5.97 Å². The van der Waals surface area contributed by atoms with Crippen molar-refractivity contribution < 1.29 is 19.0 Å². The van der Waals surface area contributed by atoms with Crippen LogP contribution in [-0.2, 0) is 4.74 Å². The molecule has 3 rings (SSSR count). The number of rotatable bonds is 6. The number of halogens is 1. The van der Waals surface area contributed by atoms with Gasteiger partial charge in [-0.2, -0.15) is 0 Å². The largest absolute Gasteiger partial charge is 0.495 e. The van der Waals surface area contributed by atoms with E-state index >= 15 is 0 Å². The molecule has 156 valence electrons. The summed E-state index contributed by atoms with van der Waals surface area (Å²) in [7, 11) is 4.39. The maximum Gasteiger partial charge on any atom is 0.340 e. The van der Waals surface area contributed by atoms with E-state index in [0.717, 1.165) is 10.4 Å². The maximum absolute atomic E-state index is 12.3. The van der Waals surface area contributed by atoms with Gasteiger partial charge in [0.15, 0.2) is 5.11 Å². The van der Waals surface area contributed by atoms with Crippen LogP contribution in [0.1, 0.15) is 10.4 Å². The molecule has 0 saturated heterocycles. The van der Waals surface area contributed by atoms with Gasteiger partial charge in [-0.05, 0) is 23.8 Å². The predicted molar refractivity (Wildman–Crippen MR) is 125 cm³/mol. The van der Waals surface area contributed by atoms with Crippen molar-refractivity contribution in [2.45, 2.75) is 0 Å². The lowest BCUT2D eigenvalue weighted by Gasteiger charge is -2.15. The highest BCUT2D eigenvalue weighted by atomic mass is 35.5. The van der Waals surface area contributed by atoms with Crippen molar-refractivity contribution in [3.63, 3.8) is 0 Å². The average molecular weight is 463 g/mol. The molecule has 0 atom stereocenters. The molecule has 0 fully saturated rings. The Kier molecular flexibility index (Phi) is 7.15. The van der Waals surface area contributed by atoms with Gasteiger partial charge in [0.2, 0.25) is 0 Å². The quantitative estimate of drug-likeness (QED) is 0.360. The Hall–Kier alpha value is -2.81. The lowest BCUT2D eigenvalue weighted by atomic mass is 10.1. The number of anilines is 2. The van der Waals surface area contributed by atoms with Crippen LogP contribution in [0.15, 0.2) is 48.5 Å². The Morgan fingerprint density at radius 1 is 1.00 bits per heavy atom. The van der Waals surface area contributed by atoms with E-state index in [1.165, 1.54) is 32.7 Å². The second-order valence-corrected chi connectivity index (χ2v) is 7.84. The third kappa shape index (κ3) is 4.84. The van der Waals surface area contributed by atoms with Gasteiger partial charge in [-0.1, -0.05) is 41.9 Å². The zero-order valence-electron chi connectivity index (χ0n) is 16.4. The SMILES string of the molecule is COC(=O)c1cc(-c2ccccc2)sc1NC(=S)Nc1cc(OC)c(Cl)cc1OC. The van der Waals surface area contributed by atoms with Gasteiger partial charge in [-0.15, -0.1) is 11.3 Å². The summed E-state index contributed by atoms with van der Waals surface area (Å²) in [6.07, 6.45) is 0. The van der Waals surface area contributed by atoms with Crippen LogP contribution in [0, 0.1) is 0 Å². The van der Waals surface area contributed by atoms with Crippen molar-refractivity contribution in [1.29, 1.82) is 0 Å². The van der Waals surface area contributed by atoms with Gasteiger partial charge in [0, 0.05) is 17.0 Å². The second kappa shape index (κ2) is 9.80. The van der Waals surface area contributed by atoms with E-state index in [0.29, 0.717) is 32.8 Å². The molecule has 2 aromatic carbocycles. The third-order valence-electron chi connectivity index (χ3n) is 4.14. The Morgan fingerprint density at radius 3 is 2.33 bits per heavy atom. The summed E-state index contributed by atoms with van der Waals surface area (Å²) in [5, 5.41) is 7.38. The number of thiophene rings is 1. The molecule has 30 heavy (non-hydrogen) atoms. The average Bonchev–Trinajstić information content (AvgIpc) is 3.18. The summed E-state index contributed by atoms with van der Waals surface area (Å²) < 4.78 is 15.5. The van der Waals surface area contributed by atoms with Gasteiger partial charge in [-0.25, -0.2) is 4.79 Å². The van der Waals surface area contributed by atoms with E-state index in [9.17, 15) is 4.79 Å². The number of hydrogen-bond donors (Lipinski definition) is 2. The molecule has 2 N–H and O–H groups in total. The summed E-state index contributed by atoms with van der Waals surface area (Å²) in [6, 6.07) is 14.8. The maximum atomic E-state index is 12.3. The molecule has 1 aromatic heterocycles. The van der Waals surface area contributed by atoms with Gasteiger partial charge < -0.3 is 24.8 Å². The molecule has 0 aliphatic heterocycles. The smallest absolute Gasteiger partial charge is 0.340 e. The van der Waals surface area contributed by atoms with E-state index in [1.54, 1.807) is 18.2 Å². The minimum Gasteiger partial charge on any atom is -0.495 e. The van der Waals surface area contributed by atoms with E-state index in [2.05, 4.69) is 10.6 Å². The van der Waals surface area contributed by atoms with Crippen LogP contribution in [0.25, 0.3) is 10.4 Å². The van der Waals surface area contributed by atoms with Crippen molar-refractivity contribution in [2.75, 3.05) is 32.0 Å². The lowest BCUT2D eigenvalue weighted by Crippen LogP contribution is -2.20. The van der Waals surface area contributed by atoms with Gasteiger partial charge in [0.25, 0.3) is 0 Å². The number of esters is 1. The van der Waals surface area contributed by atoms with Gasteiger partial charge in [0.1, 0.15) is 16.5 Å². The molecular formula is C21H19ClN2O4S2. The summed E-state index contributed by atoms with van der Waals surface area (Å²) >= 11 is 13.0. The molecular weight excluding hydrogens is 444 g/mol. The first-order valence-electron chi connectivity index (χ1n) is 8.74. The number of thiocarbonyl (C=S) groups is 1. The number of carbonyl (C=O) groups is 1. The topological polar surface area (TPSA) is 68.8 Å². The number of hydrogen-bond acceptors (Lipinski definition) is 6. The van der Waals surface area contributed by atoms with Gasteiger partial charge in [0.05, 0.1) is 37.6 Å². The molecule has 9 heteroatoms. The summed E-state index contributed by atoms with van der Waals surface area (Å²) in [6.45, 7) is 0. The first-order valence-corrected chi connectivity index (χ1v) is 10.3. The molecule has 0 spiro atoms. The molecule has 0 aliphatic rings. The van der Waals surface area contributed by atoms with Crippen LogP contribution in [0.5, 0.6) is 11.5 Å². The van der Waals surface area contributed by atoms with Crippen molar-refractivity contribution in [3.8, 4) is 21.9 Å². The molecule has 0 amide bonds. The van der Waals surface area contributed by atoms with Crippen LogP contribution in [0.4, 0.5) is 10.7 Å². The summed E-state index contributed by atoms with van der Waals surface area (Å²) in [4.78, 5) is 13.2. The molecule has 6 nitrogen and oxygen atoms in total. The number of benzene rings is 2.